The molecule has 0 atom stereocenters. The van der Waals surface area contributed by atoms with Gasteiger partial charge in [0.05, 0.1) is 0 Å². The van der Waals surface area contributed by atoms with Crippen LogP contribution in [0.25, 0.3) is 0 Å². The van der Waals surface area contributed by atoms with Gasteiger partial charge >= 0.3 is 0 Å². The molecule has 0 heterocycles. The van der Waals surface area contributed by atoms with E-state index in [0.717, 1.165) is 17.3 Å². The molecule has 1 nitrogen and oxygen atoms in total. The fourth-order valence-corrected chi connectivity index (χ4v) is 2.08. The Labute approximate surface area is 94.8 Å². The number of halogens is 1. The topological polar surface area (TPSA) is 26.0 Å². The van der Waals surface area contributed by atoms with E-state index in [1.54, 1.807) is 0 Å². The van der Waals surface area contributed by atoms with Crippen molar-refractivity contribution in [3.8, 4) is 0 Å². The lowest BCUT2D eigenvalue weighted by Crippen LogP contribution is -2.32. The van der Waals surface area contributed by atoms with Crippen molar-refractivity contribution in [3.05, 3.63) is 33.8 Å². The Morgan fingerprint density at radius 3 is 2.43 bits per heavy atom. The van der Waals surface area contributed by atoms with E-state index in [2.05, 4.69) is 54.9 Å². The van der Waals surface area contributed by atoms with Gasteiger partial charge in [0.2, 0.25) is 0 Å². The maximum Gasteiger partial charge on any atom is 0.0180 e. The van der Waals surface area contributed by atoms with Gasteiger partial charge in [0.1, 0.15) is 0 Å². The van der Waals surface area contributed by atoms with Crippen molar-refractivity contribution in [2.24, 2.45) is 5.73 Å². The first-order valence-electron chi connectivity index (χ1n) is 4.92. The average Bonchev–Trinajstić information content (AvgIpc) is 1.97. The molecule has 0 aliphatic rings. The minimum absolute atomic E-state index is 0.0732. The van der Waals surface area contributed by atoms with Crippen LogP contribution in [0.1, 0.15) is 31.4 Å². The molecule has 0 fully saturated rings. The van der Waals surface area contributed by atoms with Crippen molar-refractivity contribution >= 4 is 15.9 Å². The zero-order valence-corrected chi connectivity index (χ0v) is 10.7. The maximum atomic E-state index is 5.95. The molecule has 0 radical (unpaired) electrons. The third-order valence-corrected chi connectivity index (χ3v) is 2.62. The number of hydrogen-bond acceptors (Lipinski definition) is 1. The summed E-state index contributed by atoms with van der Waals surface area (Å²) < 4.78 is 1.15. The minimum atomic E-state index is -0.0732. The highest BCUT2D eigenvalue weighted by molar-refractivity contribution is 9.10. The molecular formula is C12H18BrN. The second kappa shape index (κ2) is 4.45. The van der Waals surface area contributed by atoms with Gasteiger partial charge < -0.3 is 5.73 Å². The van der Waals surface area contributed by atoms with Gasteiger partial charge in [-0.25, -0.2) is 0 Å². The molecule has 1 aromatic carbocycles. The Bertz CT molecular complexity index is 292. The molecular weight excluding hydrogens is 238 g/mol. The Morgan fingerprint density at radius 1 is 1.29 bits per heavy atom. The molecule has 2 heteroatoms. The van der Waals surface area contributed by atoms with Gasteiger partial charge in [-0.1, -0.05) is 22.0 Å². The second-order valence-corrected chi connectivity index (χ2v) is 5.54. The lowest BCUT2D eigenvalue weighted by atomic mass is 9.96. The molecule has 0 aromatic heterocycles. The normalized spacial score (nSPS) is 11.8. The number of aryl methyl sites for hydroxylation is 2. The smallest absolute Gasteiger partial charge is 0.0180 e. The molecule has 0 saturated carbocycles. The van der Waals surface area contributed by atoms with Crippen LogP contribution >= 0.6 is 15.9 Å². The summed E-state index contributed by atoms with van der Waals surface area (Å²) in [6.07, 6.45) is 2.06. The quantitative estimate of drug-likeness (QED) is 0.880. The Morgan fingerprint density at radius 2 is 1.93 bits per heavy atom. The van der Waals surface area contributed by atoms with Gasteiger partial charge in [-0.2, -0.15) is 0 Å². The summed E-state index contributed by atoms with van der Waals surface area (Å²) in [6, 6.07) is 6.51. The zero-order valence-electron chi connectivity index (χ0n) is 9.10. The highest BCUT2D eigenvalue weighted by atomic mass is 79.9. The summed E-state index contributed by atoms with van der Waals surface area (Å²) in [6.45, 7) is 6.25. The van der Waals surface area contributed by atoms with Crippen LogP contribution < -0.4 is 5.73 Å². The first-order chi connectivity index (χ1) is 6.37. The van der Waals surface area contributed by atoms with Crippen molar-refractivity contribution in [2.45, 2.75) is 39.2 Å². The van der Waals surface area contributed by atoms with E-state index in [0.29, 0.717) is 0 Å². The largest absolute Gasteiger partial charge is 0.326 e. The molecule has 0 aliphatic heterocycles. The van der Waals surface area contributed by atoms with E-state index < -0.39 is 0 Å². The minimum Gasteiger partial charge on any atom is -0.326 e. The lowest BCUT2D eigenvalue weighted by Gasteiger charge is -2.18. The monoisotopic (exact) mass is 255 g/mol. The molecule has 0 amide bonds. The van der Waals surface area contributed by atoms with E-state index in [1.807, 2.05) is 0 Å². The number of rotatable bonds is 3. The van der Waals surface area contributed by atoms with E-state index in [9.17, 15) is 0 Å². The van der Waals surface area contributed by atoms with Crippen LogP contribution in [0.5, 0.6) is 0 Å². The van der Waals surface area contributed by atoms with E-state index in [-0.39, 0.29) is 5.54 Å². The van der Waals surface area contributed by atoms with Gasteiger partial charge in [-0.3, -0.25) is 0 Å². The fourth-order valence-electron chi connectivity index (χ4n) is 1.42. The molecule has 14 heavy (non-hydrogen) atoms. The first-order valence-corrected chi connectivity index (χ1v) is 5.71. The highest BCUT2D eigenvalue weighted by Crippen LogP contribution is 2.18. The summed E-state index contributed by atoms with van der Waals surface area (Å²) >= 11 is 3.50. The Hall–Kier alpha value is -0.340. The second-order valence-electron chi connectivity index (χ2n) is 4.63. The molecule has 78 valence electrons. The van der Waals surface area contributed by atoms with Crippen LogP contribution in [0.4, 0.5) is 0 Å². The predicted octanol–water partition coefficient (Wildman–Crippen LogP) is 3.43. The molecule has 1 rings (SSSR count). The number of nitrogens with two attached hydrogens (primary N) is 1. The summed E-state index contributed by atoms with van der Waals surface area (Å²) in [5.74, 6) is 0. The molecule has 0 aliphatic carbocycles. The van der Waals surface area contributed by atoms with Gasteiger partial charge in [0.15, 0.2) is 0 Å². The number of benzene rings is 1. The molecule has 0 unspecified atom stereocenters. The summed E-state index contributed by atoms with van der Waals surface area (Å²) in [4.78, 5) is 0. The molecule has 1 aromatic rings. The van der Waals surface area contributed by atoms with Crippen LogP contribution in [0.2, 0.25) is 0 Å². The van der Waals surface area contributed by atoms with Crippen LogP contribution in [0, 0.1) is 6.92 Å². The van der Waals surface area contributed by atoms with E-state index >= 15 is 0 Å². The maximum absolute atomic E-state index is 5.95. The fraction of sp³-hybridized carbons (Fsp3) is 0.500. The van der Waals surface area contributed by atoms with Crippen LogP contribution in [0.3, 0.4) is 0 Å². The Balaban J connectivity index is 2.68. The number of hydrogen-bond donors (Lipinski definition) is 1. The van der Waals surface area contributed by atoms with Crippen molar-refractivity contribution in [3.63, 3.8) is 0 Å². The van der Waals surface area contributed by atoms with Crippen molar-refractivity contribution < 1.29 is 0 Å². The van der Waals surface area contributed by atoms with Gasteiger partial charge in [-0.15, -0.1) is 0 Å². The van der Waals surface area contributed by atoms with Crippen molar-refractivity contribution in [1.29, 1.82) is 0 Å². The highest BCUT2D eigenvalue weighted by Gasteiger charge is 2.10. The molecule has 0 bridgehead atoms. The predicted molar refractivity (Wildman–Crippen MR) is 65.5 cm³/mol. The van der Waals surface area contributed by atoms with E-state index in [1.165, 1.54) is 11.1 Å². The summed E-state index contributed by atoms with van der Waals surface area (Å²) in [7, 11) is 0. The lowest BCUT2D eigenvalue weighted by molar-refractivity contribution is 0.477. The molecule has 0 spiro atoms. The third kappa shape index (κ3) is 4.25. The standard InChI is InChI=1S/C12H18BrN/c1-9-6-10(8-11(13)7-9)4-5-12(2,3)14/h6-8H,4-5,14H2,1-3H3. The van der Waals surface area contributed by atoms with Crippen molar-refractivity contribution in [2.75, 3.05) is 0 Å². The Kier molecular flexibility index (Phi) is 3.73. The first kappa shape index (κ1) is 11.7. The molecule has 2 N–H and O–H groups in total. The summed E-state index contributed by atoms with van der Waals surface area (Å²) in [5.41, 5.74) is 8.53. The van der Waals surface area contributed by atoms with Crippen molar-refractivity contribution in [1.82, 2.24) is 0 Å². The van der Waals surface area contributed by atoms with Gasteiger partial charge in [0.25, 0.3) is 0 Å². The van der Waals surface area contributed by atoms with Crippen LogP contribution in [-0.4, -0.2) is 5.54 Å². The SMILES string of the molecule is Cc1cc(Br)cc(CCC(C)(C)N)c1. The van der Waals surface area contributed by atoms with Gasteiger partial charge in [-0.05, 0) is 56.9 Å². The van der Waals surface area contributed by atoms with Gasteiger partial charge in [0, 0.05) is 10.0 Å². The average molecular weight is 256 g/mol. The summed E-state index contributed by atoms with van der Waals surface area (Å²) in [5, 5.41) is 0. The third-order valence-electron chi connectivity index (χ3n) is 2.16. The van der Waals surface area contributed by atoms with Crippen LogP contribution in [-0.2, 0) is 6.42 Å². The zero-order chi connectivity index (χ0) is 10.8. The molecule has 0 saturated heterocycles. The van der Waals surface area contributed by atoms with Crippen LogP contribution in [0.15, 0.2) is 22.7 Å². The van der Waals surface area contributed by atoms with E-state index in [4.69, 9.17) is 5.73 Å².